The molecule has 2 aromatic carbocycles. The number of hydrogen-bond acceptors (Lipinski definition) is 0. The molecule has 4 rings (SSSR count). The summed E-state index contributed by atoms with van der Waals surface area (Å²) in [5, 5.41) is 2.76. The zero-order chi connectivity index (χ0) is 17.1. The molecule has 0 radical (unpaired) electrons. The van der Waals surface area contributed by atoms with E-state index in [0.717, 1.165) is 6.67 Å². The van der Waals surface area contributed by atoms with E-state index in [1.165, 1.54) is 21.7 Å². The van der Waals surface area contributed by atoms with Gasteiger partial charge in [0.15, 0.2) is 0 Å². The third-order valence-electron chi connectivity index (χ3n) is 4.42. The summed E-state index contributed by atoms with van der Waals surface area (Å²) in [6.07, 6.45) is 4.34. The van der Waals surface area contributed by atoms with E-state index in [-0.39, 0.29) is 0 Å². The minimum atomic E-state index is -0.571. The Morgan fingerprint density at radius 1 is 0.640 bits per heavy atom. The summed E-state index contributed by atoms with van der Waals surface area (Å²) in [7, 11) is -0.571. The summed E-state index contributed by atoms with van der Waals surface area (Å²) in [5.74, 6) is 0. The maximum atomic E-state index is 2.37. The molecule has 0 unspecified atom stereocenters. The molecule has 3 heteroatoms. The molecule has 0 atom stereocenters. The van der Waals surface area contributed by atoms with Crippen LogP contribution in [-0.2, 0) is 6.67 Å². The molecule has 4 aromatic rings. The van der Waals surface area contributed by atoms with Crippen molar-refractivity contribution in [3.05, 3.63) is 103 Å². The topological polar surface area (TPSA) is 9.86 Å². The van der Waals surface area contributed by atoms with Crippen molar-refractivity contribution < 1.29 is 0 Å². The lowest BCUT2D eigenvalue weighted by atomic mass is 10.4. The molecular weight excluding hydrogens is 323 g/mol. The monoisotopic (exact) mass is 344 g/mol. The third-order valence-corrected chi connectivity index (χ3v) is 6.92. The minimum Gasteiger partial charge on any atom is -0.333 e. The molecule has 0 aliphatic heterocycles. The summed E-state index contributed by atoms with van der Waals surface area (Å²) < 4.78 is 4.66. The van der Waals surface area contributed by atoms with Crippen LogP contribution in [0.2, 0.25) is 0 Å². The van der Waals surface area contributed by atoms with E-state index in [1.807, 2.05) is 0 Å². The highest BCUT2D eigenvalue weighted by Gasteiger charge is 2.19. The van der Waals surface area contributed by atoms with Crippen LogP contribution in [0.3, 0.4) is 0 Å². The Morgan fingerprint density at radius 3 is 1.76 bits per heavy atom. The summed E-state index contributed by atoms with van der Waals surface area (Å²) in [5.41, 5.74) is 2.66. The van der Waals surface area contributed by atoms with Crippen molar-refractivity contribution in [3.8, 4) is 0 Å². The molecule has 25 heavy (non-hydrogen) atoms. The molecule has 0 bridgehead atoms. The molecule has 124 valence electrons. The van der Waals surface area contributed by atoms with Crippen LogP contribution >= 0.6 is 7.92 Å². The van der Waals surface area contributed by atoms with Crippen molar-refractivity contribution in [2.75, 3.05) is 0 Å². The SMILES string of the molecule is Cc1cccn1Cn1cccc1P(c1ccccc1)c1ccccc1. The second kappa shape index (κ2) is 7.13. The Balaban J connectivity index is 1.79. The van der Waals surface area contributed by atoms with Gasteiger partial charge >= 0.3 is 0 Å². The van der Waals surface area contributed by atoms with Crippen LogP contribution in [0.5, 0.6) is 0 Å². The minimum absolute atomic E-state index is 0.571. The van der Waals surface area contributed by atoms with E-state index in [4.69, 9.17) is 0 Å². The molecule has 2 aromatic heterocycles. The Kier molecular flexibility index (Phi) is 4.54. The first-order valence-corrected chi connectivity index (χ1v) is 9.84. The second-order valence-corrected chi connectivity index (χ2v) is 8.27. The van der Waals surface area contributed by atoms with Crippen molar-refractivity contribution in [1.29, 1.82) is 0 Å². The summed E-state index contributed by atoms with van der Waals surface area (Å²) >= 11 is 0. The fraction of sp³-hybridized carbons (Fsp3) is 0.0909. The number of aromatic nitrogens is 2. The van der Waals surface area contributed by atoms with Gasteiger partial charge in [0.05, 0.1) is 12.1 Å². The number of nitrogens with zero attached hydrogens (tertiary/aromatic N) is 2. The smallest absolute Gasteiger partial charge is 0.0985 e. The van der Waals surface area contributed by atoms with Crippen LogP contribution in [0.4, 0.5) is 0 Å². The predicted molar refractivity (Wildman–Crippen MR) is 108 cm³/mol. The van der Waals surface area contributed by atoms with Crippen molar-refractivity contribution in [2.45, 2.75) is 13.6 Å². The molecule has 0 aliphatic rings. The Hall–Kier alpha value is -2.57. The average Bonchev–Trinajstić information content (AvgIpc) is 3.27. The maximum absolute atomic E-state index is 2.37. The van der Waals surface area contributed by atoms with Crippen molar-refractivity contribution in [1.82, 2.24) is 9.13 Å². The number of aryl methyl sites for hydroxylation is 1. The van der Waals surface area contributed by atoms with Gasteiger partial charge in [-0.3, -0.25) is 0 Å². The molecule has 2 heterocycles. The largest absolute Gasteiger partial charge is 0.333 e. The lowest BCUT2D eigenvalue weighted by molar-refractivity contribution is 0.612. The summed E-state index contributed by atoms with van der Waals surface area (Å²) in [4.78, 5) is 0. The molecule has 0 aliphatic carbocycles. The van der Waals surface area contributed by atoms with Crippen LogP contribution in [0.1, 0.15) is 5.69 Å². The number of benzene rings is 2. The van der Waals surface area contributed by atoms with Gasteiger partial charge in [0.2, 0.25) is 0 Å². The highest BCUT2D eigenvalue weighted by Crippen LogP contribution is 2.32. The zero-order valence-electron chi connectivity index (χ0n) is 14.3. The first kappa shape index (κ1) is 15.9. The van der Waals surface area contributed by atoms with Crippen molar-refractivity contribution in [2.24, 2.45) is 0 Å². The molecule has 0 saturated carbocycles. The average molecular weight is 344 g/mol. The summed E-state index contributed by atoms with van der Waals surface area (Å²) in [6.45, 7) is 3.00. The third kappa shape index (κ3) is 3.31. The van der Waals surface area contributed by atoms with Gasteiger partial charge < -0.3 is 9.13 Å². The van der Waals surface area contributed by atoms with Crippen molar-refractivity contribution >= 4 is 24.0 Å². The first-order chi connectivity index (χ1) is 12.3. The highest BCUT2D eigenvalue weighted by molar-refractivity contribution is 7.79. The van der Waals surface area contributed by atoms with E-state index >= 15 is 0 Å². The fourth-order valence-corrected chi connectivity index (χ4v) is 5.51. The molecule has 0 amide bonds. The number of rotatable bonds is 5. The Labute approximate surface area is 150 Å². The van der Waals surface area contributed by atoms with Crippen molar-refractivity contribution in [3.63, 3.8) is 0 Å². The maximum Gasteiger partial charge on any atom is 0.0985 e. The number of hydrogen-bond donors (Lipinski definition) is 0. The van der Waals surface area contributed by atoms with Gasteiger partial charge in [-0.1, -0.05) is 60.7 Å². The van der Waals surface area contributed by atoms with E-state index in [1.54, 1.807) is 0 Å². The highest BCUT2D eigenvalue weighted by atomic mass is 31.1. The standard InChI is InChI=1S/C22H21N2P/c1-19-10-8-16-23(19)18-24-17-9-15-22(24)25(20-11-4-2-5-12-20)21-13-6-3-7-14-21/h2-17H,18H2,1H3. The van der Waals surface area contributed by atoms with Crippen LogP contribution in [-0.4, -0.2) is 9.13 Å². The normalized spacial score (nSPS) is 11.1. The summed E-state index contributed by atoms with van der Waals surface area (Å²) in [6, 6.07) is 30.4. The quantitative estimate of drug-likeness (QED) is 0.487. The van der Waals surface area contributed by atoms with Gasteiger partial charge in [-0.15, -0.1) is 0 Å². The molecule has 0 spiro atoms. The lowest BCUT2D eigenvalue weighted by Crippen LogP contribution is -2.27. The molecular formula is C22H21N2P. The molecule has 2 nitrogen and oxygen atoms in total. The second-order valence-electron chi connectivity index (χ2n) is 6.10. The van der Waals surface area contributed by atoms with Crippen LogP contribution in [0.15, 0.2) is 97.3 Å². The van der Waals surface area contributed by atoms with E-state index in [0.29, 0.717) is 0 Å². The van der Waals surface area contributed by atoms with Gasteiger partial charge in [0.25, 0.3) is 0 Å². The molecule has 0 fully saturated rings. The van der Waals surface area contributed by atoms with Gasteiger partial charge in [-0.05, 0) is 41.8 Å². The first-order valence-electron chi connectivity index (χ1n) is 8.50. The van der Waals surface area contributed by atoms with E-state index < -0.39 is 7.92 Å². The van der Waals surface area contributed by atoms with Gasteiger partial charge in [0.1, 0.15) is 0 Å². The van der Waals surface area contributed by atoms with Gasteiger partial charge in [-0.2, -0.15) is 0 Å². The zero-order valence-corrected chi connectivity index (χ0v) is 15.2. The lowest BCUT2D eigenvalue weighted by Gasteiger charge is -2.22. The van der Waals surface area contributed by atoms with Crippen LogP contribution < -0.4 is 16.0 Å². The van der Waals surface area contributed by atoms with Gasteiger partial charge in [0, 0.05) is 26.0 Å². The van der Waals surface area contributed by atoms with Gasteiger partial charge in [-0.25, -0.2) is 0 Å². The van der Waals surface area contributed by atoms with Crippen LogP contribution in [0, 0.1) is 6.92 Å². The van der Waals surface area contributed by atoms with E-state index in [2.05, 4.69) is 113 Å². The Morgan fingerprint density at radius 2 is 1.20 bits per heavy atom. The fourth-order valence-electron chi connectivity index (χ4n) is 3.12. The predicted octanol–water partition coefficient (Wildman–Crippen LogP) is 3.86. The Bertz CT molecular complexity index is 899. The van der Waals surface area contributed by atoms with Crippen LogP contribution in [0.25, 0.3) is 0 Å². The van der Waals surface area contributed by atoms with E-state index in [9.17, 15) is 0 Å². The molecule has 0 N–H and O–H groups in total. The molecule has 0 saturated heterocycles.